The van der Waals surface area contributed by atoms with Crippen molar-refractivity contribution in [1.82, 2.24) is 10.3 Å². The number of nitriles is 1. The Morgan fingerprint density at radius 2 is 2.00 bits per heavy atom. The highest BCUT2D eigenvalue weighted by Gasteiger charge is 2.46. The molecule has 0 aliphatic carbocycles. The second kappa shape index (κ2) is 6.92. The molecule has 0 unspecified atom stereocenters. The first-order chi connectivity index (χ1) is 13.2. The lowest BCUT2D eigenvalue weighted by Gasteiger charge is -2.40. The second-order valence-corrected chi connectivity index (χ2v) is 7.25. The Bertz CT molecular complexity index is 883. The van der Waals surface area contributed by atoms with Gasteiger partial charge in [0.1, 0.15) is 11.6 Å². The van der Waals surface area contributed by atoms with Crippen molar-refractivity contribution in [1.29, 1.82) is 5.26 Å². The number of hydrogen-bond acceptors (Lipinski definition) is 5. The van der Waals surface area contributed by atoms with Gasteiger partial charge in [0.2, 0.25) is 11.8 Å². The summed E-state index contributed by atoms with van der Waals surface area (Å²) in [6, 6.07) is 14.1. The van der Waals surface area contributed by atoms with E-state index in [1.807, 2.05) is 36.4 Å². The Balaban J connectivity index is 1.50. The van der Waals surface area contributed by atoms with Gasteiger partial charge in [-0.2, -0.15) is 5.26 Å². The van der Waals surface area contributed by atoms with Gasteiger partial charge in [-0.15, -0.1) is 0 Å². The predicted molar refractivity (Wildman–Crippen MR) is 102 cm³/mol. The first-order valence-electron chi connectivity index (χ1n) is 9.21. The van der Waals surface area contributed by atoms with Gasteiger partial charge in [0.15, 0.2) is 0 Å². The maximum atomic E-state index is 12.6. The van der Waals surface area contributed by atoms with Crippen LogP contribution in [0, 0.1) is 11.3 Å². The minimum Gasteiger partial charge on any atom is -0.480 e. The van der Waals surface area contributed by atoms with E-state index in [9.17, 15) is 10.1 Å². The van der Waals surface area contributed by atoms with Crippen LogP contribution >= 0.6 is 0 Å². The van der Waals surface area contributed by atoms with Gasteiger partial charge in [0, 0.05) is 24.8 Å². The van der Waals surface area contributed by atoms with Crippen LogP contribution in [0.1, 0.15) is 36.3 Å². The third-order valence-electron chi connectivity index (χ3n) is 5.76. The number of carbonyl (C=O) groups excluding carboxylic acids is 1. The summed E-state index contributed by atoms with van der Waals surface area (Å²) in [6.07, 6.45) is 4.21. The summed E-state index contributed by atoms with van der Waals surface area (Å²) in [6.45, 7) is 1.56. The van der Waals surface area contributed by atoms with E-state index in [2.05, 4.69) is 21.3 Å². The fourth-order valence-electron chi connectivity index (χ4n) is 4.30. The molecular formula is C21H22N4O2. The first-order valence-corrected chi connectivity index (χ1v) is 9.21. The number of pyridine rings is 1. The summed E-state index contributed by atoms with van der Waals surface area (Å²) in [5.41, 5.74) is 2.24. The molecule has 6 nitrogen and oxygen atoms in total. The number of ether oxygens (including phenoxy) is 1. The van der Waals surface area contributed by atoms with Crippen molar-refractivity contribution >= 4 is 11.6 Å². The molecule has 1 aromatic carbocycles. The Kier molecular flexibility index (Phi) is 4.44. The van der Waals surface area contributed by atoms with Crippen LogP contribution in [0.15, 0.2) is 42.6 Å². The number of methoxy groups -OCH3 is 1. The SMILES string of the molecule is COc1nccc(N2CCC3(CC2)C[C@@H](c2ccccc2)C(=O)N3)c1C#N. The van der Waals surface area contributed by atoms with Gasteiger partial charge in [-0.1, -0.05) is 30.3 Å². The van der Waals surface area contributed by atoms with Crippen molar-refractivity contribution in [2.75, 3.05) is 25.1 Å². The van der Waals surface area contributed by atoms with Gasteiger partial charge in [-0.05, 0) is 30.9 Å². The number of nitrogens with one attached hydrogen (secondary N) is 1. The van der Waals surface area contributed by atoms with Crippen LogP contribution in [0.5, 0.6) is 5.88 Å². The van der Waals surface area contributed by atoms with Gasteiger partial charge >= 0.3 is 0 Å². The highest BCUT2D eigenvalue weighted by Crippen LogP contribution is 2.40. The van der Waals surface area contributed by atoms with Gasteiger partial charge in [0.25, 0.3) is 0 Å². The molecule has 138 valence electrons. The van der Waals surface area contributed by atoms with Crippen molar-refractivity contribution in [2.24, 2.45) is 0 Å². The summed E-state index contributed by atoms with van der Waals surface area (Å²) in [4.78, 5) is 18.9. The molecule has 2 fully saturated rings. The molecule has 1 atom stereocenters. The van der Waals surface area contributed by atoms with Gasteiger partial charge in [0.05, 0.1) is 18.7 Å². The number of benzene rings is 1. The number of piperidine rings is 1. The number of amides is 1. The van der Waals surface area contributed by atoms with Crippen molar-refractivity contribution in [3.05, 3.63) is 53.7 Å². The Hall–Kier alpha value is -3.07. The van der Waals surface area contributed by atoms with Crippen LogP contribution in [0.2, 0.25) is 0 Å². The topological polar surface area (TPSA) is 78.2 Å². The van der Waals surface area contributed by atoms with E-state index in [0.29, 0.717) is 11.4 Å². The number of carbonyl (C=O) groups is 1. The van der Waals surface area contributed by atoms with Gasteiger partial charge in [-0.25, -0.2) is 4.98 Å². The van der Waals surface area contributed by atoms with Crippen LogP contribution in [0.3, 0.4) is 0 Å². The zero-order valence-electron chi connectivity index (χ0n) is 15.3. The fourth-order valence-corrected chi connectivity index (χ4v) is 4.30. The molecule has 3 heterocycles. The van der Waals surface area contributed by atoms with Crippen LogP contribution in [-0.2, 0) is 4.79 Å². The maximum absolute atomic E-state index is 12.6. The lowest BCUT2D eigenvalue weighted by atomic mass is 9.81. The maximum Gasteiger partial charge on any atom is 0.233 e. The van der Waals surface area contributed by atoms with E-state index in [-0.39, 0.29) is 17.4 Å². The van der Waals surface area contributed by atoms with E-state index < -0.39 is 0 Å². The molecule has 2 aromatic rings. The quantitative estimate of drug-likeness (QED) is 0.908. The molecule has 2 aliphatic heterocycles. The molecule has 1 spiro atoms. The molecule has 4 rings (SSSR count). The van der Waals surface area contributed by atoms with Gasteiger partial charge < -0.3 is 15.0 Å². The number of aromatic nitrogens is 1. The molecule has 27 heavy (non-hydrogen) atoms. The van der Waals surface area contributed by atoms with Crippen molar-refractivity contribution in [3.8, 4) is 11.9 Å². The van der Waals surface area contributed by atoms with Crippen molar-refractivity contribution in [3.63, 3.8) is 0 Å². The molecule has 2 saturated heterocycles. The van der Waals surface area contributed by atoms with Gasteiger partial charge in [-0.3, -0.25) is 4.79 Å². The molecule has 1 amide bonds. The number of anilines is 1. The van der Waals surface area contributed by atoms with E-state index in [1.54, 1.807) is 6.20 Å². The summed E-state index contributed by atoms with van der Waals surface area (Å²) < 4.78 is 5.22. The lowest BCUT2D eigenvalue weighted by molar-refractivity contribution is -0.121. The first kappa shape index (κ1) is 17.3. The van der Waals surface area contributed by atoms with E-state index in [0.717, 1.165) is 43.6 Å². The molecule has 1 aromatic heterocycles. The predicted octanol–water partition coefficient (Wildman–Crippen LogP) is 2.60. The second-order valence-electron chi connectivity index (χ2n) is 7.25. The van der Waals surface area contributed by atoms with Crippen LogP contribution in [0.25, 0.3) is 0 Å². The molecule has 2 aliphatic rings. The van der Waals surface area contributed by atoms with E-state index in [4.69, 9.17) is 4.74 Å². The third kappa shape index (κ3) is 3.10. The fraction of sp³-hybridized carbons (Fsp3) is 0.381. The van der Waals surface area contributed by atoms with Crippen molar-refractivity contribution in [2.45, 2.75) is 30.7 Å². The Morgan fingerprint density at radius 1 is 1.26 bits per heavy atom. The molecular weight excluding hydrogens is 340 g/mol. The Morgan fingerprint density at radius 3 is 2.67 bits per heavy atom. The summed E-state index contributed by atoms with van der Waals surface area (Å²) in [7, 11) is 1.52. The minimum atomic E-state index is -0.155. The molecule has 0 saturated carbocycles. The zero-order valence-corrected chi connectivity index (χ0v) is 15.3. The highest BCUT2D eigenvalue weighted by atomic mass is 16.5. The van der Waals surface area contributed by atoms with Crippen molar-refractivity contribution < 1.29 is 9.53 Å². The average Bonchev–Trinajstić information content (AvgIpc) is 3.04. The van der Waals surface area contributed by atoms with Crippen LogP contribution in [0.4, 0.5) is 5.69 Å². The molecule has 1 N–H and O–H groups in total. The monoisotopic (exact) mass is 362 g/mol. The Labute approximate surface area is 158 Å². The lowest BCUT2D eigenvalue weighted by Crippen LogP contribution is -2.51. The standard InChI is InChI=1S/C21H22N4O2/c1-27-20-17(14-22)18(7-10-23-20)25-11-8-21(9-12-25)13-16(19(26)24-21)15-5-3-2-4-6-15/h2-7,10,16H,8-9,11-13H2,1H3,(H,24,26)/t16-/m0/s1. The highest BCUT2D eigenvalue weighted by molar-refractivity contribution is 5.87. The summed E-state index contributed by atoms with van der Waals surface area (Å²) in [5, 5.41) is 12.8. The van der Waals surface area contributed by atoms with Crippen LogP contribution < -0.4 is 15.0 Å². The smallest absolute Gasteiger partial charge is 0.233 e. The summed E-state index contributed by atoms with van der Waals surface area (Å²) >= 11 is 0. The molecule has 0 bridgehead atoms. The van der Waals surface area contributed by atoms with E-state index >= 15 is 0 Å². The number of nitrogens with zero attached hydrogens (tertiary/aromatic N) is 3. The minimum absolute atomic E-state index is 0.0755. The average molecular weight is 362 g/mol. The van der Waals surface area contributed by atoms with Crippen LogP contribution in [-0.4, -0.2) is 36.6 Å². The molecule has 0 radical (unpaired) electrons. The third-order valence-corrected chi connectivity index (χ3v) is 5.76. The zero-order chi connectivity index (χ0) is 18.9. The normalized spacial score (nSPS) is 21.0. The van der Waals surface area contributed by atoms with E-state index in [1.165, 1.54) is 7.11 Å². The largest absolute Gasteiger partial charge is 0.480 e. The number of rotatable bonds is 3. The summed E-state index contributed by atoms with van der Waals surface area (Å²) in [5.74, 6) is 0.403. The number of hydrogen-bond donors (Lipinski definition) is 1. The molecule has 6 heteroatoms.